The molecule has 9 heavy (non-hydrogen) atoms. The molecule has 0 saturated carbocycles. The molecule has 0 unspecified atom stereocenters. The summed E-state index contributed by atoms with van der Waals surface area (Å²) in [5.41, 5.74) is 0. The molecule has 0 fully saturated rings. The molecule has 0 N–H and O–H groups in total. The summed E-state index contributed by atoms with van der Waals surface area (Å²) in [5, 5.41) is 1.15. The molecule has 0 bridgehead atoms. The van der Waals surface area contributed by atoms with Gasteiger partial charge in [-0.15, -0.1) is 0 Å². The van der Waals surface area contributed by atoms with E-state index in [2.05, 4.69) is 4.98 Å². The van der Waals surface area contributed by atoms with E-state index in [9.17, 15) is 0 Å². The maximum absolute atomic E-state index is 5.69. The van der Waals surface area contributed by atoms with E-state index in [0.29, 0.717) is 10.2 Å². The number of aromatic nitrogens is 1. The Balaban J connectivity index is 3.25. The van der Waals surface area contributed by atoms with E-state index >= 15 is 0 Å². The van der Waals surface area contributed by atoms with Gasteiger partial charge in [-0.25, -0.2) is 4.98 Å². The third kappa shape index (κ3) is 1.69. The zero-order chi connectivity index (χ0) is 6.85. The summed E-state index contributed by atoms with van der Waals surface area (Å²) in [5.74, 6) is 0. The second kappa shape index (κ2) is 3.03. The van der Waals surface area contributed by atoms with Gasteiger partial charge in [-0.05, 0) is 6.07 Å². The monoisotopic (exact) mass is 274 g/mol. The first kappa shape index (κ1) is 7.57. The maximum atomic E-state index is 5.69. The fraction of sp³-hybridized carbons (Fsp3) is 0. The zero-order valence-corrected chi connectivity index (χ0v) is 8.11. The van der Waals surface area contributed by atoms with Crippen molar-refractivity contribution in [1.82, 2.24) is 4.98 Å². The summed E-state index contributed by atoms with van der Waals surface area (Å²) in [4.78, 5) is 3.82. The Hall–Kier alpha value is 0.460. The predicted molar refractivity (Wildman–Crippen MR) is 34.3 cm³/mol. The van der Waals surface area contributed by atoms with Crippen LogP contribution in [0.5, 0.6) is 0 Å². The van der Waals surface area contributed by atoms with Crippen molar-refractivity contribution in [3.63, 3.8) is 0 Å². The van der Waals surface area contributed by atoms with E-state index < -0.39 is 0 Å². The average molecular weight is 275 g/mol. The number of rotatable bonds is 0. The van der Waals surface area contributed by atoms with Gasteiger partial charge in [0.05, 0.1) is 5.02 Å². The van der Waals surface area contributed by atoms with Crippen LogP contribution in [0.4, 0.5) is 0 Å². The number of nitrogens with zero attached hydrogens (tertiary/aromatic N) is 1. The lowest BCUT2D eigenvalue weighted by Crippen LogP contribution is -3.34. The van der Waals surface area contributed by atoms with Crippen LogP contribution in [0.2, 0.25) is 10.2 Å². The van der Waals surface area contributed by atoms with Crippen molar-refractivity contribution in [2.75, 3.05) is 0 Å². The molecule has 0 amide bonds. The second-order valence-corrected chi connectivity index (χ2v) is 3.34. The predicted octanol–water partition coefficient (Wildman–Crippen LogP) is -1.16. The minimum absolute atomic E-state index is 0.479. The number of pyridine rings is 1. The van der Waals surface area contributed by atoms with Gasteiger partial charge in [0.1, 0.15) is 0 Å². The fourth-order valence-corrected chi connectivity index (χ4v) is 1.10. The average Bonchev–Trinajstić information content (AvgIpc) is 1.83. The fourth-order valence-electron chi connectivity index (χ4n) is 0.401. The second-order valence-electron chi connectivity index (χ2n) is 1.41. The molecule has 0 aliphatic rings. The van der Waals surface area contributed by atoms with E-state index in [0.717, 1.165) is 3.57 Å². The van der Waals surface area contributed by atoms with Crippen LogP contribution in [-0.4, -0.2) is 4.98 Å². The molecular weight excluding hydrogens is 272 g/mol. The van der Waals surface area contributed by atoms with Crippen LogP contribution < -0.4 is 22.6 Å². The molecule has 4 heteroatoms. The minimum atomic E-state index is 0.479. The lowest BCUT2D eigenvalue weighted by atomic mass is 10.5. The summed E-state index contributed by atoms with van der Waals surface area (Å²) in [7, 11) is 0. The van der Waals surface area contributed by atoms with Crippen molar-refractivity contribution in [2.45, 2.75) is 0 Å². The van der Waals surface area contributed by atoms with Crippen LogP contribution in [0.1, 0.15) is 0 Å². The summed E-state index contributed by atoms with van der Waals surface area (Å²) in [6, 6.07) is 1.71. The molecule has 0 radical (unpaired) electrons. The molecule has 1 heterocycles. The van der Waals surface area contributed by atoms with Gasteiger partial charge in [0.25, 0.3) is 0 Å². The van der Waals surface area contributed by atoms with Crippen molar-refractivity contribution in [3.8, 4) is 0 Å². The molecule has 0 aromatic carbocycles. The zero-order valence-electron chi connectivity index (χ0n) is 4.27. The Bertz CT molecular complexity index is 206. The lowest BCUT2D eigenvalue weighted by Gasteiger charge is -1.87. The van der Waals surface area contributed by atoms with Gasteiger partial charge >= 0.3 is 22.6 Å². The van der Waals surface area contributed by atoms with E-state index in [4.69, 9.17) is 23.2 Å². The van der Waals surface area contributed by atoms with Crippen LogP contribution in [0.15, 0.2) is 12.3 Å². The van der Waals surface area contributed by atoms with E-state index in [1.165, 1.54) is 0 Å². The first-order valence-corrected chi connectivity index (χ1v) is 4.11. The Morgan fingerprint density at radius 2 is 2.11 bits per heavy atom. The quantitative estimate of drug-likeness (QED) is 0.430. The molecule has 1 aromatic rings. The van der Waals surface area contributed by atoms with Crippen LogP contribution in [0.3, 0.4) is 0 Å². The van der Waals surface area contributed by atoms with Crippen molar-refractivity contribution >= 4 is 23.2 Å². The Morgan fingerprint density at radius 1 is 1.44 bits per heavy atom. The highest BCUT2D eigenvalue weighted by Gasteiger charge is 2.08. The molecule has 0 atom stereocenters. The Labute approximate surface area is 76.5 Å². The smallest absolute Gasteiger partial charge is 0.240 e. The van der Waals surface area contributed by atoms with Crippen LogP contribution in [-0.2, 0) is 0 Å². The lowest BCUT2D eigenvalue weighted by molar-refractivity contribution is -0.328. The van der Waals surface area contributed by atoms with Gasteiger partial charge in [-0.3, -0.25) is 0 Å². The highest BCUT2D eigenvalue weighted by atomic mass is 127. The van der Waals surface area contributed by atoms with Gasteiger partial charge in [0, 0.05) is 6.20 Å². The number of hydrogen-bond acceptors (Lipinski definition) is 1. The standard InChI is InChI=1S/C5H3Cl2IN/c6-3-1-2-9-5(7)4(3)8/h1-2,8H/q+1. The van der Waals surface area contributed by atoms with E-state index in [-0.39, 0.29) is 0 Å². The minimum Gasteiger partial charge on any atom is -0.240 e. The highest BCUT2D eigenvalue weighted by Crippen LogP contribution is 2.11. The summed E-state index contributed by atoms with van der Waals surface area (Å²) < 4.78 is 0.844. The molecular formula is C5H3Cl2IN+. The summed E-state index contributed by atoms with van der Waals surface area (Å²) in [6.07, 6.45) is 1.58. The Kier molecular flexibility index (Phi) is 2.55. The Morgan fingerprint density at radius 3 is 2.56 bits per heavy atom. The molecule has 0 saturated heterocycles. The molecule has 0 aliphatic carbocycles. The number of hydrogen-bond donors (Lipinski definition) is 0. The van der Waals surface area contributed by atoms with Crippen molar-refractivity contribution < 1.29 is 22.6 Å². The van der Waals surface area contributed by atoms with E-state index in [1.54, 1.807) is 34.9 Å². The molecule has 1 rings (SSSR count). The highest BCUT2D eigenvalue weighted by molar-refractivity contribution is 6.33. The van der Waals surface area contributed by atoms with Gasteiger partial charge in [-0.2, -0.15) is 0 Å². The van der Waals surface area contributed by atoms with E-state index in [1.807, 2.05) is 0 Å². The summed E-state index contributed by atoms with van der Waals surface area (Å²) in [6.45, 7) is 0. The van der Waals surface area contributed by atoms with Crippen molar-refractivity contribution in [2.24, 2.45) is 0 Å². The van der Waals surface area contributed by atoms with Gasteiger partial charge < -0.3 is 0 Å². The molecule has 0 spiro atoms. The van der Waals surface area contributed by atoms with Crippen molar-refractivity contribution in [1.29, 1.82) is 0 Å². The van der Waals surface area contributed by atoms with Gasteiger partial charge in [0.15, 0.2) is 5.15 Å². The molecule has 48 valence electrons. The molecule has 1 nitrogen and oxygen atoms in total. The van der Waals surface area contributed by atoms with Crippen molar-refractivity contribution in [3.05, 3.63) is 26.0 Å². The van der Waals surface area contributed by atoms with Crippen LogP contribution in [0, 0.1) is 3.57 Å². The summed E-state index contributed by atoms with van der Waals surface area (Å²) >= 11 is 13.1. The van der Waals surface area contributed by atoms with Crippen LogP contribution in [0.25, 0.3) is 0 Å². The van der Waals surface area contributed by atoms with Gasteiger partial charge in [0.2, 0.25) is 3.57 Å². The largest absolute Gasteiger partial charge is 0.301 e. The topological polar surface area (TPSA) is 12.9 Å². The normalized spacial score (nSPS) is 9.67. The first-order chi connectivity index (χ1) is 4.22. The first-order valence-electron chi connectivity index (χ1n) is 2.19. The van der Waals surface area contributed by atoms with Gasteiger partial charge in [-0.1, -0.05) is 23.2 Å². The third-order valence-electron chi connectivity index (χ3n) is 0.813. The number of halogens is 3. The maximum Gasteiger partial charge on any atom is 0.301 e. The molecule has 1 aromatic heterocycles. The third-order valence-corrected chi connectivity index (χ3v) is 3.30. The SMILES string of the molecule is Clc1ccnc(Cl)c1[IH+]. The molecule has 0 aliphatic heterocycles. The van der Waals surface area contributed by atoms with Crippen LogP contribution >= 0.6 is 23.2 Å².